The molecule has 72 heavy (non-hydrogen) atoms. The summed E-state index contributed by atoms with van der Waals surface area (Å²) in [7, 11) is 0. The van der Waals surface area contributed by atoms with E-state index in [0.29, 0.717) is 51.6 Å². The summed E-state index contributed by atoms with van der Waals surface area (Å²) in [6, 6.07) is 66.2. The maximum atomic E-state index is 14.4. The summed E-state index contributed by atoms with van der Waals surface area (Å²) < 4.78 is 49.4. The van der Waals surface area contributed by atoms with Gasteiger partial charge in [0.25, 0.3) is 0 Å². The van der Waals surface area contributed by atoms with Gasteiger partial charge in [-0.05, 0) is 146 Å². The maximum absolute atomic E-state index is 14.4. The minimum atomic E-state index is -0.352. The van der Waals surface area contributed by atoms with Crippen molar-refractivity contribution >= 4 is 33.1 Å². The number of benzene rings is 9. The number of para-hydroxylation sites is 9. The van der Waals surface area contributed by atoms with Crippen LogP contribution >= 0.6 is 0 Å². The van der Waals surface area contributed by atoms with Crippen LogP contribution in [0.4, 0.5) is 13.2 Å². The fraction of sp³-hybridized carbons (Fsp3) is 0. The molecule has 9 nitrogen and oxygen atoms in total. The molecule has 0 fully saturated rings. The monoisotopic (exact) mass is 939 g/mol. The molecule has 0 spiro atoms. The summed E-state index contributed by atoms with van der Waals surface area (Å²) in [6.45, 7) is 0. The summed E-state index contributed by atoms with van der Waals surface area (Å²) in [6.07, 6.45) is 0. The second kappa shape index (κ2) is 17.3. The molecule has 0 bridgehead atoms. The van der Waals surface area contributed by atoms with Gasteiger partial charge >= 0.3 is 0 Å². The van der Waals surface area contributed by atoms with Gasteiger partial charge in [-0.25, -0.2) is 43.1 Å². The molecule has 4 heterocycles. The van der Waals surface area contributed by atoms with Crippen LogP contribution in [0.3, 0.4) is 0 Å². The van der Waals surface area contributed by atoms with Crippen molar-refractivity contribution in [2.75, 3.05) is 0 Å². The van der Waals surface area contributed by atoms with Crippen molar-refractivity contribution in [3.63, 3.8) is 0 Å². The van der Waals surface area contributed by atoms with E-state index in [2.05, 4.69) is 13.7 Å². The van der Waals surface area contributed by atoms with Gasteiger partial charge in [-0.15, -0.1) is 0 Å². The zero-order chi connectivity index (χ0) is 48.3. The predicted octanol–water partition coefficient (Wildman–Crippen LogP) is 14.3. The highest BCUT2D eigenvalue weighted by molar-refractivity contribution is 5.90. The summed E-state index contributed by atoms with van der Waals surface area (Å²) in [4.78, 5) is 31.5. The Morgan fingerprint density at radius 1 is 0.250 bits per heavy atom. The molecule has 0 aliphatic rings. The fourth-order valence-electron chi connectivity index (χ4n) is 9.50. The van der Waals surface area contributed by atoms with Crippen molar-refractivity contribution in [3.8, 4) is 85.4 Å². The first-order valence-electron chi connectivity index (χ1n) is 23.2. The van der Waals surface area contributed by atoms with Crippen LogP contribution in [0.2, 0.25) is 0 Å². The van der Waals surface area contributed by atoms with E-state index in [1.807, 2.05) is 146 Å². The number of imidazole rings is 3. The lowest BCUT2D eigenvalue weighted by Gasteiger charge is -2.18. The lowest BCUT2D eigenvalue weighted by molar-refractivity contribution is 0.627. The summed E-state index contributed by atoms with van der Waals surface area (Å²) in [5.41, 5.74) is 11.1. The van der Waals surface area contributed by atoms with E-state index in [-0.39, 0.29) is 17.5 Å². The Balaban J connectivity index is 1.09. The fourth-order valence-corrected chi connectivity index (χ4v) is 9.50. The van der Waals surface area contributed by atoms with Crippen LogP contribution < -0.4 is 0 Å². The molecule has 0 saturated heterocycles. The zero-order valence-electron chi connectivity index (χ0n) is 37.9. The third kappa shape index (κ3) is 7.28. The van der Waals surface area contributed by atoms with Crippen LogP contribution in [-0.2, 0) is 0 Å². The molecular formula is C60H36F3N9. The summed E-state index contributed by atoms with van der Waals surface area (Å²) in [5, 5.41) is 0. The minimum absolute atomic E-state index is 0.352. The Morgan fingerprint density at radius 2 is 0.500 bits per heavy atom. The lowest BCUT2D eigenvalue weighted by Crippen LogP contribution is -2.07. The number of nitrogens with zero attached hydrogens (tertiary/aromatic N) is 9. The molecule has 0 aliphatic carbocycles. The Bertz CT molecular complexity index is 3750. The molecule has 0 radical (unpaired) electrons. The topological polar surface area (TPSA) is 92.1 Å². The van der Waals surface area contributed by atoms with Crippen molar-refractivity contribution in [1.29, 1.82) is 0 Å². The van der Waals surface area contributed by atoms with E-state index < -0.39 is 0 Å². The van der Waals surface area contributed by atoms with Crippen LogP contribution in [0.1, 0.15) is 0 Å². The van der Waals surface area contributed by atoms with Crippen molar-refractivity contribution < 1.29 is 13.2 Å². The van der Waals surface area contributed by atoms with Gasteiger partial charge in [0.15, 0.2) is 17.5 Å². The van der Waals surface area contributed by atoms with E-state index in [0.717, 1.165) is 66.9 Å². The van der Waals surface area contributed by atoms with Gasteiger partial charge in [-0.3, -0.25) is 13.7 Å². The number of fused-ring (bicyclic) bond motifs is 3. The highest BCUT2D eigenvalue weighted by Crippen LogP contribution is 2.39. The van der Waals surface area contributed by atoms with Gasteiger partial charge in [0.2, 0.25) is 0 Å². The number of hydrogen-bond donors (Lipinski definition) is 0. The zero-order valence-corrected chi connectivity index (χ0v) is 37.9. The summed E-state index contributed by atoms with van der Waals surface area (Å²) in [5.74, 6) is 1.85. The standard InChI is InChI=1S/C60H36F3N9/c61-40-31-25-37(26-32-40)58-64-46-16-4-10-22-52(46)70(58)49-19-7-1-13-43(49)55-67-56(44-14-2-8-20-50(44)71-53-23-11-5-17-47(53)65-59(71)38-27-33-41(62)34-28-38)69-57(68-55)45-15-3-9-21-51(45)72-54-24-12-6-18-48(54)66-60(72)39-29-35-42(63)36-30-39/h1-36H. The first-order valence-corrected chi connectivity index (χ1v) is 23.2. The molecule has 4 aromatic heterocycles. The SMILES string of the molecule is Fc1ccc(-c2nc3ccccc3n2-c2ccccc2-c2nc(-c3ccccc3-n3c(-c4ccc(F)cc4)nc4ccccc43)nc(-c3ccccc3-n3c(-c4ccc(F)cc4)nc4ccccc43)n2)cc1. The maximum Gasteiger partial charge on any atom is 0.166 e. The number of aromatic nitrogens is 9. The molecule has 9 aromatic carbocycles. The van der Waals surface area contributed by atoms with E-state index in [9.17, 15) is 13.2 Å². The second-order valence-corrected chi connectivity index (χ2v) is 17.2. The molecule has 13 rings (SSSR count). The van der Waals surface area contributed by atoms with E-state index in [1.165, 1.54) is 36.4 Å². The van der Waals surface area contributed by atoms with Crippen molar-refractivity contribution in [1.82, 2.24) is 43.6 Å². The molecule has 342 valence electrons. The number of hydrogen-bond acceptors (Lipinski definition) is 6. The van der Waals surface area contributed by atoms with Crippen molar-refractivity contribution in [2.24, 2.45) is 0 Å². The van der Waals surface area contributed by atoms with Crippen LogP contribution in [0.15, 0.2) is 218 Å². The van der Waals surface area contributed by atoms with Crippen LogP contribution in [0.5, 0.6) is 0 Å². The van der Waals surface area contributed by atoms with Gasteiger partial charge in [0.05, 0.1) is 50.2 Å². The average Bonchev–Trinajstić information content (AvgIpc) is 4.14. The second-order valence-electron chi connectivity index (χ2n) is 17.2. The quantitative estimate of drug-likeness (QED) is 0.143. The smallest absolute Gasteiger partial charge is 0.166 e. The number of rotatable bonds is 9. The Hall–Kier alpha value is -9.81. The average molecular weight is 940 g/mol. The Labute approximate surface area is 409 Å². The van der Waals surface area contributed by atoms with Gasteiger partial charge in [0, 0.05) is 33.4 Å². The third-order valence-electron chi connectivity index (χ3n) is 12.8. The van der Waals surface area contributed by atoms with Crippen molar-refractivity contribution in [3.05, 3.63) is 236 Å². The molecule has 0 amide bonds. The Kier molecular flexibility index (Phi) is 10.2. The van der Waals surface area contributed by atoms with Crippen molar-refractivity contribution in [2.45, 2.75) is 0 Å². The Morgan fingerprint density at radius 3 is 0.792 bits per heavy atom. The van der Waals surface area contributed by atoms with E-state index >= 15 is 0 Å². The third-order valence-corrected chi connectivity index (χ3v) is 12.8. The van der Waals surface area contributed by atoms with Gasteiger partial charge < -0.3 is 0 Å². The van der Waals surface area contributed by atoms with Crippen LogP contribution in [-0.4, -0.2) is 43.6 Å². The number of halogens is 3. The molecule has 0 atom stereocenters. The normalized spacial score (nSPS) is 11.5. The van der Waals surface area contributed by atoms with Gasteiger partial charge in [-0.2, -0.15) is 0 Å². The summed E-state index contributed by atoms with van der Waals surface area (Å²) >= 11 is 0. The lowest BCUT2D eigenvalue weighted by atomic mass is 10.1. The van der Waals surface area contributed by atoms with E-state index in [4.69, 9.17) is 29.9 Å². The molecule has 0 N–H and O–H groups in total. The van der Waals surface area contributed by atoms with Crippen LogP contribution in [0.25, 0.3) is 118 Å². The molecule has 0 unspecified atom stereocenters. The first kappa shape index (κ1) is 42.3. The first-order chi connectivity index (χ1) is 35.4. The largest absolute Gasteiger partial charge is 0.292 e. The molecule has 12 heteroatoms. The van der Waals surface area contributed by atoms with Crippen LogP contribution in [0, 0.1) is 17.5 Å². The van der Waals surface area contributed by atoms with Gasteiger partial charge in [0.1, 0.15) is 34.9 Å². The predicted molar refractivity (Wildman–Crippen MR) is 276 cm³/mol. The molecular weight excluding hydrogens is 904 g/mol. The highest BCUT2D eigenvalue weighted by atomic mass is 19.1. The highest BCUT2D eigenvalue weighted by Gasteiger charge is 2.25. The molecule has 13 aromatic rings. The molecule has 0 aliphatic heterocycles. The minimum Gasteiger partial charge on any atom is -0.292 e. The van der Waals surface area contributed by atoms with Gasteiger partial charge in [-0.1, -0.05) is 72.8 Å². The molecule has 0 saturated carbocycles. The van der Waals surface area contributed by atoms with E-state index in [1.54, 1.807) is 36.4 Å².